The van der Waals surface area contributed by atoms with Crippen LogP contribution in [0.15, 0.2) is 52.3 Å². The number of hydrogen-bond donors (Lipinski definition) is 0. The molecule has 7 heteroatoms. The first kappa shape index (κ1) is 19.0. The summed E-state index contributed by atoms with van der Waals surface area (Å²) in [5.74, 6) is -0.662. The molecule has 136 valence electrons. The Bertz CT molecular complexity index is 843. The maximum Gasteiger partial charge on any atom is 0.416 e. The maximum absolute atomic E-state index is 13.1. The van der Waals surface area contributed by atoms with Gasteiger partial charge in [-0.1, -0.05) is 23.4 Å². The van der Waals surface area contributed by atoms with Crippen LogP contribution in [0.1, 0.15) is 35.2 Å². The Balaban J connectivity index is 1.92. The van der Waals surface area contributed by atoms with E-state index in [1.807, 2.05) is 0 Å². The monoisotopic (exact) mass is 398 g/mol. The van der Waals surface area contributed by atoms with E-state index in [1.54, 1.807) is 24.3 Å². The van der Waals surface area contributed by atoms with Crippen molar-refractivity contribution < 1.29 is 22.8 Å². The maximum atomic E-state index is 13.1. The van der Waals surface area contributed by atoms with Gasteiger partial charge in [0.15, 0.2) is 5.78 Å². The second-order valence-electron chi connectivity index (χ2n) is 6.11. The summed E-state index contributed by atoms with van der Waals surface area (Å²) < 4.78 is 39.2. The number of halogens is 4. The van der Waals surface area contributed by atoms with E-state index in [4.69, 9.17) is 11.6 Å². The Kier molecular flexibility index (Phi) is 5.44. The van der Waals surface area contributed by atoms with Gasteiger partial charge in [-0.15, -0.1) is 0 Å². The van der Waals surface area contributed by atoms with Crippen LogP contribution in [-0.2, 0) is 11.0 Å². The number of rotatable bonds is 6. The lowest BCUT2D eigenvalue weighted by atomic mass is 10.0. The van der Waals surface area contributed by atoms with Crippen LogP contribution in [0.5, 0.6) is 0 Å². The molecule has 0 unspecified atom stereocenters. The third kappa shape index (κ3) is 4.68. The number of carbonyl (C=O) groups excluding carboxylic acids is 2. The average Bonchev–Trinajstić information content (AvgIpc) is 3.41. The zero-order valence-electron chi connectivity index (χ0n) is 13.5. The molecule has 0 amide bonds. The second kappa shape index (κ2) is 7.45. The fourth-order valence-electron chi connectivity index (χ4n) is 2.45. The molecule has 0 radical (unpaired) electrons. The highest BCUT2D eigenvalue weighted by Crippen LogP contribution is 2.38. The van der Waals surface area contributed by atoms with Crippen molar-refractivity contribution in [3.05, 3.63) is 58.6 Å². The van der Waals surface area contributed by atoms with Crippen LogP contribution < -0.4 is 0 Å². The van der Waals surface area contributed by atoms with E-state index in [9.17, 15) is 22.8 Å². The zero-order chi connectivity index (χ0) is 18.9. The summed E-state index contributed by atoms with van der Waals surface area (Å²) in [6.45, 7) is 0. The highest BCUT2D eigenvalue weighted by Gasteiger charge is 2.33. The van der Waals surface area contributed by atoms with Gasteiger partial charge in [0.05, 0.1) is 12.0 Å². The molecule has 0 atom stereocenters. The molecule has 26 heavy (non-hydrogen) atoms. The van der Waals surface area contributed by atoms with Crippen molar-refractivity contribution in [3.8, 4) is 0 Å². The molecule has 0 N–H and O–H groups in total. The largest absolute Gasteiger partial charge is 0.416 e. The highest BCUT2D eigenvalue weighted by atomic mass is 35.5. The third-order valence-electron chi connectivity index (χ3n) is 4.02. The van der Waals surface area contributed by atoms with Gasteiger partial charge >= 0.3 is 6.18 Å². The summed E-state index contributed by atoms with van der Waals surface area (Å²) in [5.41, 5.74) is -0.703. The lowest BCUT2D eigenvalue weighted by Crippen LogP contribution is -2.12. The number of alkyl halides is 3. The Morgan fingerprint density at radius 1 is 1.08 bits per heavy atom. The summed E-state index contributed by atoms with van der Waals surface area (Å²) in [5, 5.41) is 0.504. The van der Waals surface area contributed by atoms with Gasteiger partial charge in [-0.25, -0.2) is 0 Å². The van der Waals surface area contributed by atoms with Gasteiger partial charge in [-0.2, -0.15) is 13.2 Å². The van der Waals surface area contributed by atoms with Crippen LogP contribution >= 0.6 is 23.4 Å². The Hall–Kier alpha value is -1.79. The number of hydrogen-bond acceptors (Lipinski definition) is 3. The molecule has 1 saturated carbocycles. The van der Waals surface area contributed by atoms with Gasteiger partial charge in [0.2, 0.25) is 0 Å². The molecule has 0 aromatic heterocycles. The molecule has 2 aromatic carbocycles. The Morgan fingerprint density at radius 2 is 1.73 bits per heavy atom. The zero-order valence-corrected chi connectivity index (χ0v) is 15.0. The quantitative estimate of drug-likeness (QED) is 0.438. The molecular formula is C19H14ClF3O2S. The van der Waals surface area contributed by atoms with Crippen LogP contribution in [0, 0.1) is 5.92 Å². The lowest BCUT2D eigenvalue weighted by Gasteiger charge is -2.13. The van der Waals surface area contributed by atoms with Gasteiger partial charge in [-0.3, -0.25) is 9.59 Å². The predicted molar refractivity (Wildman–Crippen MR) is 93.7 cm³/mol. The minimum atomic E-state index is -4.51. The minimum absolute atomic E-state index is 0.0687. The van der Waals surface area contributed by atoms with Crippen LogP contribution in [0.2, 0.25) is 5.02 Å². The van der Waals surface area contributed by atoms with Gasteiger partial charge < -0.3 is 0 Å². The van der Waals surface area contributed by atoms with E-state index >= 15 is 0 Å². The first-order chi connectivity index (χ1) is 12.2. The molecule has 2 aromatic rings. The number of Topliss-reactive ketones (excluding diaryl/α,β-unsaturated/α-hetero) is 2. The normalized spacial score (nSPS) is 14.3. The molecule has 2 nitrogen and oxygen atoms in total. The van der Waals surface area contributed by atoms with Crippen LogP contribution in [0.3, 0.4) is 0 Å². The Labute approximate surface area is 157 Å². The lowest BCUT2D eigenvalue weighted by molar-refractivity contribution is -0.137. The van der Waals surface area contributed by atoms with E-state index in [1.165, 1.54) is 0 Å². The van der Waals surface area contributed by atoms with Crippen LogP contribution in [0.25, 0.3) is 0 Å². The second-order valence-corrected chi connectivity index (χ2v) is 7.66. The van der Waals surface area contributed by atoms with E-state index in [0.717, 1.165) is 42.8 Å². The van der Waals surface area contributed by atoms with Gasteiger partial charge in [0.1, 0.15) is 5.78 Å². The molecular weight excluding hydrogens is 385 g/mol. The smallest absolute Gasteiger partial charge is 0.299 e. The molecule has 0 bridgehead atoms. The number of ketones is 2. The van der Waals surface area contributed by atoms with Crippen molar-refractivity contribution in [2.24, 2.45) is 5.92 Å². The molecule has 3 rings (SSSR count). The average molecular weight is 399 g/mol. The first-order valence-electron chi connectivity index (χ1n) is 7.94. The SMILES string of the molecule is O=C(CC(=O)C1CC1)c1ccc(C(F)(F)F)cc1Sc1ccc(Cl)cc1. The van der Waals surface area contributed by atoms with Gasteiger partial charge in [0, 0.05) is 26.3 Å². The van der Waals surface area contributed by atoms with Gasteiger partial charge in [0.25, 0.3) is 0 Å². The highest BCUT2D eigenvalue weighted by molar-refractivity contribution is 7.99. The summed E-state index contributed by atoms with van der Waals surface area (Å²) in [7, 11) is 0. The van der Waals surface area contributed by atoms with Crippen molar-refractivity contribution in [2.75, 3.05) is 0 Å². The van der Waals surface area contributed by atoms with Crippen molar-refractivity contribution in [3.63, 3.8) is 0 Å². The molecule has 0 heterocycles. The summed E-state index contributed by atoms with van der Waals surface area (Å²) in [4.78, 5) is 25.2. The number of carbonyl (C=O) groups is 2. The van der Waals surface area contributed by atoms with Crippen LogP contribution in [0.4, 0.5) is 13.2 Å². The van der Waals surface area contributed by atoms with E-state index in [-0.39, 0.29) is 28.6 Å². The standard InChI is InChI=1S/C19H14ClF3O2S/c20-13-4-6-14(7-5-13)26-18-9-12(19(21,22)23)3-8-15(18)17(25)10-16(24)11-1-2-11/h3-9,11H,1-2,10H2. The Morgan fingerprint density at radius 3 is 2.31 bits per heavy atom. The summed E-state index contributed by atoms with van der Waals surface area (Å²) in [6.07, 6.45) is -3.22. The van der Waals surface area contributed by atoms with E-state index < -0.39 is 17.5 Å². The van der Waals surface area contributed by atoms with Crippen molar-refractivity contribution in [1.29, 1.82) is 0 Å². The predicted octanol–water partition coefficient (Wildman–Crippen LogP) is 6.06. The van der Waals surface area contributed by atoms with E-state index in [2.05, 4.69) is 0 Å². The van der Waals surface area contributed by atoms with Crippen LogP contribution in [-0.4, -0.2) is 11.6 Å². The van der Waals surface area contributed by atoms with Crippen molar-refractivity contribution >= 4 is 34.9 Å². The molecule has 0 aliphatic heterocycles. The fraction of sp³-hybridized carbons (Fsp3) is 0.263. The van der Waals surface area contributed by atoms with Gasteiger partial charge in [-0.05, 0) is 55.3 Å². The topological polar surface area (TPSA) is 34.1 Å². The third-order valence-corrected chi connectivity index (χ3v) is 5.34. The molecule has 0 spiro atoms. The first-order valence-corrected chi connectivity index (χ1v) is 9.14. The van der Waals surface area contributed by atoms with Crippen molar-refractivity contribution in [2.45, 2.75) is 35.2 Å². The van der Waals surface area contributed by atoms with Crippen molar-refractivity contribution in [1.82, 2.24) is 0 Å². The summed E-state index contributed by atoms with van der Waals surface area (Å²) in [6, 6.07) is 9.55. The molecule has 1 aliphatic carbocycles. The fourth-order valence-corrected chi connectivity index (χ4v) is 3.58. The van der Waals surface area contributed by atoms with E-state index in [0.29, 0.717) is 9.92 Å². The number of benzene rings is 2. The molecule has 0 saturated heterocycles. The summed E-state index contributed by atoms with van der Waals surface area (Å²) >= 11 is 6.87. The minimum Gasteiger partial charge on any atom is -0.299 e. The molecule has 1 fully saturated rings. The molecule has 1 aliphatic rings.